The molecule has 0 aromatic carbocycles. The molecule has 0 spiro atoms. The molecule has 0 aromatic rings. The molecule has 2 heterocycles. The monoisotopic (exact) mass is 280 g/mol. The Labute approximate surface area is 122 Å². The summed E-state index contributed by atoms with van der Waals surface area (Å²) in [5, 5.41) is 3.48. The number of nitrogens with zero attached hydrogens (tertiary/aromatic N) is 1. The van der Waals surface area contributed by atoms with E-state index in [4.69, 9.17) is 4.74 Å². The molecule has 1 aliphatic carbocycles. The van der Waals surface area contributed by atoms with E-state index < -0.39 is 0 Å². The minimum atomic E-state index is -0.222. The molecule has 0 bridgehead atoms. The summed E-state index contributed by atoms with van der Waals surface area (Å²) >= 11 is 0. The van der Waals surface area contributed by atoms with Crippen LogP contribution in [-0.4, -0.2) is 48.7 Å². The minimum Gasteiger partial charge on any atom is -0.369 e. The van der Waals surface area contributed by atoms with Crippen LogP contribution in [-0.2, 0) is 9.53 Å². The van der Waals surface area contributed by atoms with Crippen LogP contribution in [0.3, 0.4) is 0 Å². The molecular weight excluding hydrogens is 252 g/mol. The predicted octanol–water partition coefficient (Wildman–Crippen LogP) is 1.79. The fourth-order valence-electron chi connectivity index (χ4n) is 4.59. The average Bonchev–Trinajstić information content (AvgIpc) is 2.80. The zero-order valence-electron chi connectivity index (χ0n) is 13.1. The zero-order valence-corrected chi connectivity index (χ0v) is 13.1. The van der Waals surface area contributed by atoms with Crippen LogP contribution in [0, 0.1) is 11.3 Å². The molecule has 1 N–H and O–H groups in total. The minimum absolute atomic E-state index is 0.120. The van der Waals surface area contributed by atoms with E-state index in [2.05, 4.69) is 31.0 Å². The smallest absolute Gasteiger partial charge is 0.230 e. The van der Waals surface area contributed by atoms with Crippen LogP contribution in [0.5, 0.6) is 0 Å². The van der Waals surface area contributed by atoms with E-state index in [0.29, 0.717) is 11.8 Å². The van der Waals surface area contributed by atoms with E-state index in [0.717, 1.165) is 32.6 Å². The highest BCUT2D eigenvalue weighted by molar-refractivity contribution is 5.84. The first-order valence-electron chi connectivity index (χ1n) is 8.11. The maximum Gasteiger partial charge on any atom is 0.230 e. The first-order chi connectivity index (χ1) is 9.43. The number of carbonyl (C=O) groups excluding carboxylic acids is 1. The summed E-state index contributed by atoms with van der Waals surface area (Å²) in [6.45, 7) is 9.63. The average molecular weight is 280 g/mol. The molecule has 20 heavy (non-hydrogen) atoms. The fraction of sp³-hybridized carbons (Fsp3) is 0.938. The van der Waals surface area contributed by atoms with Crippen molar-refractivity contribution in [3.63, 3.8) is 0 Å². The van der Waals surface area contributed by atoms with Gasteiger partial charge >= 0.3 is 0 Å². The van der Waals surface area contributed by atoms with Gasteiger partial charge in [0.05, 0.1) is 17.1 Å². The number of carbonyl (C=O) groups is 1. The molecule has 2 aliphatic heterocycles. The molecule has 3 aliphatic rings. The molecule has 3 atom stereocenters. The Hall–Kier alpha value is -0.610. The Morgan fingerprint density at radius 1 is 1.35 bits per heavy atom. The van der Waals surface area contributed by atoms with E-state index in [1.807, 2.05) is 0 Å². The molecule has 2 saturated heterocycles. The second-order valence-corrected chi connectivity index (χ2v) is 7.60. The predicted molar refractivity (Wildman–Crippen MR) is 78.5 cm³/mol. The van der Waals surface area contributed by atoms with Crippen molar-refractivity contribution >= 4 is 5.91 Å². The van der Waals surface area contributed by atoms with Crippen molar-refractivity contribution in [2.45, 2.75) is 58.2 Å². The Morgan fingerprint density at radius 2 is 2.15 bits per heavy atom. The van der Waals surface area contributed by atoms with Gasteiger partial charge in [-0.05, 0) is 46.1 Å². The largest absolute Gasteiger partial charge is 0.369 e. The van der Waals surface area contributed by atoms with Gasteiger partial charge in [-0.25, -0.2) is 0 Å². The van der Waals surface area contributed by atoms with E-state index in [1.54, 1.807) is 0 Å². The van der Waals surface area contributed by atoms with E-state index in [9.17, 15) is 4.79 Å². The van der Waals surface area contributed by atoms with Gasteiger partial charge in [0.1, 0.15) is 0 Å². The highest BCUT2D eigenvalue weighted by Gasteiger charge is 2.52. The number of nitrogens with one attached hydrogen (secondary N) is 1. The van der Waals surface area contributed by atoms with Crippen molar-refractivity contribution < 1.29 is 9.53 Å². The summed E-state index contributed by atoms with van der Waals surface area (Å²) in [6, 6.07) is 0. The number of ether oxygens (including phenoxy) is 1. The third kappa shape index (κ3) is 2.37. The van der Waals surface area contributed by atoms with Gasteiger partial charge in [0.15, 0.2) is 0 Å². The summed E-state index contributed by atoms with van der Waals surface area (Å²) in [5.41, 5.74) is -0.342. The topological polar surface area (TPSA) is 41.6 Å². The summed E-state index contributed by atoms with van der Waals surface area (Å²) in [5.74, 6) is 0.931. The lowest BCUT2D eigenvalue weighted by atomic mass is 9.67. The third-order valence-corrected chi connectivity index (χ3v) is 5.32. The highest BCUT2D eigenvalue weighted by atomic mass is 16.5. The molecule has 3 fully saturated rings. The summed E-state index contributed by atoms with van der Waals surface area (Å²) in [6.07, 6.45) is 4.90. The molecule has 0 radical (unpaired) electrons. The number of amides is 1. The number of hydrogen-bond donors (Lipinski definition) is 1. The van der Waals surface area contributed by atoms with Crippen LogP contribution < -0.4 is 5.32 Å². The quantitative estimate of drug-likeness (QED) is 0.796. The maximum absolute atomic E-state index is 13.2. The molecule has 1 saturated carbocycles. The molecule has 1 amide bonds. The highest BCUT2D eigenvalue weighted by Crippen LogP contribution is 2.45. The molecule has 4 heteroatoms. The Balaban J connectivity index is 1.80. The van der Waals surface area contributed by atoms with Crippen molar-refractivity contribution in [2.24, 2.45) is 11.3 Å². The van der Waals surface area contributed by atoms with Gasteiger partial charge in [-0.1, -0.05) is 12.8 Å². The summed E-state index contributed by atoms with van der Waals surface area (Å²) < 4.78 is 5.94. The molecule has 3 rings (SSSR count). The fourth-order valence-corrected chi connectivity index (χ4v) is 4.59. The van der Waals surface area contributed by atoms with Crippen molar-refractivity contribution in [3.8, 4) is 0 Å². The van der Waals surface area contributed by atoms with E-state index >= 15 is 0 Å². The van der Waals surface area contributed by atoms with Gasteiger partial charge in [0.2, 0.25) is 5.91 Å². The van der Waals surface area contributed by atoms with Gasteiger partial charge in [0, 0.05) is 19.6 Å². The normalized spacial score (nSPS) is 40.5. The number of fused-ring (bicyclic) bond motifs is 1. The lowest BCUT2D eigenvalue weighted by molar-refractivity contribution is -0.169. The lowest BCUT2D eigenvalue weighted by Crippen LogP contribution is -2.59. The van der Waals surface area contributed by atoms with Crippen molar-refractivity contribution in [1.82, 2.24) is 10.2 Å². The van der Waals surface area contributed by atoms with Crippen LogP contribution >= 0.6 is 0 Å². The van der Waals surface area contributed by atoms with Gasteiger partial charge in [-0.15, -0.1) is 0 Å². The van der Waals surface area contributed by atoms with Gasteiger partial charge < -0.3 is 15.0 Å². The first kappa shape index (κ1) is 14.3. The van der Waals surface area contributed by atoms with Crippen LogP contribution in [0.1, 0.15) is 46.5 Å². The standard InChI is InChI=1S/C16H28N2O2/c1-12-9-18(11-15(2,3)20-12)14(19)16-7-5-4-6-13(16)8-17-10-16/h12-13,17H,4-11H2,1-3H3/t12?,13-,16+/m0/s1. The molecule has 0 aromatic heterocycles. The van der Waals surface area contributed by atoms with Crippen LogP contribution in [0.15, 0.2) is 0 Å². The zero-order chi connectivity index (χ0) is 14.4. The SMILES string of the molecule is CC1CN(C(=O)[C@@]23CCCC[C@H]2CNC3)CC(C)(C)O1. The Bertz CT molecular complexity index is 396. The van der Waals surface area contributed by atoms with Crippen molar-refractivity contribution in [3.05, 3.63) is 0 Å². The molecule has 114 valence electrons. The van der Waals surface area contributed by atoms with Crippen LogP contribution in [0.4, 0.5) is 0 Å². The lowest BCUT2D eigenvalue weighted by Gasteiger charge is -2.47. The Morgan fingerprint density at radius 3 is 2.90 bits per heavy atom. The van der Waals surface area contributed by atoms with E-state index in [1.165, 1.54) is 19.3 Å². The second kappa shape index (κ2) is 4.99. The summed E-state index contributed by atoms with van der Waals surface area (Å²) in [4.78, 5) is 15.3. The van der Waals surface area contributed by atoms with Crippen LogP contribution in [0.25, 0.3) is 0 Å². The maximum atomic E-state index is 13.2. The number of morpholine rings is 1. The summed E-state index contributed by atoms with van der Waals surface area (Å²) in [7, 11) is 0. The van der Waals surface area contributed by atoms with Crippen molar-refractivity contribution in [2.75, 3.05) is 26.2 Å². The first-order valence-corrected chi connectivity index (χ1v) is 8.11. The number of hydrogen-bond acceptors (Lipinski definition) is 3. The Kier molecular flexibility index (Phi) is 3.57. The van der Waals surface area contributed by atoms with Crippen molar-refractivity contribution in [1.29, 1.82) is 0 Å². The van der Waals surface area contributed by atoms with Gasteiger partial charge in [-0.2, -0.15) is 0 Å². The molecule has 1 unspecified atom stereocenters. The van der Waals surface area contributed by atoms with Gasteiger partial charge in [-0.3, -0.25) is 4.79 Å². The number of rotatable bonds is 1. The van der Waals surface area contributed by atoms with Gasteiger partial charge in [0.25, 0.3) is 0 Å². The van der Waals surface area contributed by atoms with Crippen LogP contribution in [0.2, 0.25) is 0 Å². The third-order valence-electron chi connectivity index (χ3n) is 5.32. The second-order valence-electron chi connectivity index (χ2n) is 7.60. The molecule has 4 nitrogen and oxygen atoms in total. The van der Waals surface area contributed by atoms with E-state index in [-0.39, 0.29) is 17.1 Å². The molecular formula is C16H28N2O2.